The maximum absolute atomic E-state index is 14.0. The molecular weight excluding hydrogens is 528 g/mol. The summed E-state index contributed by atoms with van der Waals surface area (Å²) in [6, 6.07) is 26.7. The first-order valence-corrected chi connectivity index (χ1v) is 15.5. The van der Waals surface area contributed by atoms with Crippen molar-refractivity contribution in [2.24, 2.45) is 5.92 Å². The lowest BCUT2D eigenvalue weighted by molar-refractivity contribution is -0.132. The van der Waals surface area contributed by atoms with Gasteiger partial charge in [0.05, 0.1) is 22.4 Å². The molecule has 0 N–H and O–H groups in total. The quantitative estimate of drug-likeness (QED) is 0.275. The fourth-order valence-corrected chi connectivity index (χ4v) is 7.11. The number of anilines is 1. The van der Waals surface area contributed by atoms with Gasteiger partial charge in [-0.25, -0.2) is 4.68 Å². The van der Waals surface area contributed by atoms with E-state index in [1.807, 2.05) is 46.0 Å². The van der Waals surface area contributed by atoms with Gasteiger partial charge in [-0.1, -0.05) is 79.2 Å². The van der Waals surface area contributed by atoms with Crippen molar-refractivity contribution in [3.63, 3.8) is 0 Å². The minimum atomic E-state index is -0.125. The van der Waals surface area contributed by atoms with Crippen LogP contribution in [0.3, 0.4) is 0 Å². The second kappa shape index (κ2) is 11.6. The molecule has 1 fully saturated rings. The second-order valence-electron chi connectivity index (χ2n) is 11.3. The summed E-state index contributed by atoms with van der Waals surface area (Å²) in [5.74, 6) is 1.51. The number of fused-ring (bicyclic) bond motifs is 1. The average molecular weight is 565 g/mol. The van der Waals surface area contributed by atoms with Crippen molar-refractivity contribution < 1.29 is 9.59 Å². The molecule has 0 saturated carbocycles. The largest absolute Gasteiger partial charge is 0.341 e. The third-order valence-corrected chi connectivity index (χ3v) is 9.55. The summed E-state index contributed by atoms with van der Waals surface area (Å²) >= 11 is 1.62. The number of piperidine rings is 1. The lowest BCUT2D eigenvalue weighted by Crippen LogP contribution is -2.46. The standard InChI is InChI=1S/C34H36N4O2S/c1-23-13-15-27(16-14-23)38-34-31(32(35-38)26-10-5-4-6-11-26)33(28-12-8-7-9-25(28)3)41-22-30(40)37(34)21-29(39)36-19-17-24(2)18-20-36/h4-16,24,33H,17-22H2,1-3H3. The van der Waals surface area contributed by atoms with Crippen molar-refractivity contribution in [1.29, 1.82) is 0 Å². The van der Waals surface area contributed by atoms with Crippen LogP contribution in [-0.4, -0.2) is 51.9 Å². The van der Waals surface area contributed by atoms with E-state index < -0.39 is 0 Å². The number of nitrogens with zero attached hydrogens (tertiary/aromatic N) is 4. The van der Waals surface area contributed by atoms with E-state index >= 15 is 0 Å². The molecule has 0 aliphatic carbocycles. The van der Waals surface area contributed by atoms with Crippen molar-refractivity contribution in [2.75, 3.05) is 30.3 Å². The van der Waals surface area contributed by atoms with E-state index in [0.29, 0.717) is 11.7 Å². The van der Waals surface area contributed by atoms with Gasteiger partial charge in [0, 0.05) is 24.2 Å². The molecule has 210 valence electrons. The van der Waals surface area contributed by atoms with Crippen LogP contribution in [0.25, 0.3) is 16.9 Å². The van der Waals surface area contributed by atoms with Gasteiger partial charge in [0.25, 0.3) is 0 Å². The Labute approximate surface area is 246 Å². The predicted molar refractivity (Wildman–Crippen MR) is 167 cm³/mol. The molecule has 1 saturated heterocycles. The van der Waals surface area contributed by atoms with Crippen LogP contribution in [0.1, 0.15) is 47.3 Å². The lowest BCUT2D eigenvalue weighted by Gasteiger charge is -2.32. The predicted octanol–water partition coefficient (Wildman–Crippen LogP) is 6.58. The number of carbonyl (C=O) groups is 2. The lowest BCUT2D eigenvalue weighted by atomic mass is 9.96. The van der Waals surface area contributed by atoms with Crippen molar-refractivity contribution in [3.05, 3.63) is 101 Å². The van der Waals surface area contributed by atoms with Crippen molar-refractivity contribution in [1.82, 2.24) is 14.7 Å². The molecule has 4 aromatic rings. The van der Waals surface area contributed by atoms with Crippen LogP contribution in [0.15, 0.2) is 78.9 Å². The Kier molecular flexibility index (Phi) is 7.71. The monoisotopic (exact) mass is 564 g/mol. The average Bonchev–Trinajstić information content (AvgIpc) is 3.31. The Morgan fingerprint density at radius 3 is 2.32 bits per heavy atom. The number of amides is 2. The third kappa shape index (κ3) is 5.43. The molecule has 2 aliphatic rings. The Hall–Kier alpha value is -3.84. The van der Waals surface area contributed by atoms with Gasteiger partial charge in [0.2, 0.25) is 11.8 Å². The van der Waals surface area contributed by atoms with Crippen molar-refractivity contribution >= 4 is 29.4 Å². The number of carbonyl (C=O) groups excluding carboxylic acids is 2. The summed E-state index contributed by atoms with van der Waals surface area (Å²) in [4.78, 5) is 31.3. The number of thioether (sulfide) groups is 1. The van der Waals surface area contributed by atoms with E-state index in [-0.39, 0.29) is 29.4 Å². The minimum absolute atomic E-state index is 0.00606. The van der Waals surface area contributed by atoms with E-state index in [9.17, 15) is 9.59 Å². The minimum Gasteiger partial charge on any atom is -0.341 e. The first-order valence-electron chi connectivity index (χ1n) is 14.4. The normalized spacial score (nSPS) is 17.8. The van der Waals surface area contributed by atoms with Crippen LogP contribution in [0.5, 0.6) is 0 Å². The fraction of sp³-hybridized carbons (Fsp3) is 0.324. The topological polar surface area (TPSA) is 58.4 Å². The number of aromatic nitrogens is 2. The van der Waals surface area contributed by atoms with Crippen LogP contribution in [0, 0.1) is 19.8 Å². The Morgan fingerprint density at radius 1 is 0.927 bits per heavy atom. The molecule has 1 atom stereocenters. The molecule has 0 radical (unpaired) electrons. The number of rotatable bonds is 5. The van der Waals surface area contributed by atoms with E-state index in [4.69, 9.17) is 5.10 Å². The van der Waals surface area contributed by atoms with E-state index in [1.54, 1.807) is 16.7 Å². The van der Waals surface area contributed by atoms with Crippen LogP contribution >= 0.6 is 11.8 Å². The molecule has 0 bridgehead atoms. The van der Waals surface area contributed by atoms with Gasteiger partial charge in [-0.15, -0.1) is 11.8 Å². The van der Waals surface area contributed by atoms with Gasteiger partial charge < -0.3 is 4.90 Å². The number of likely N-dealkylation sites (tertiary alicyclic amines) is 1. The zero-order chi connectivity index (χ0) is 28.5. The van der Waals surface area contributed by atoms with Crippen LogP contribution in [0.4, 0.5) is 5.82 Å². The summed E-state index contributed by atoms with van der Waals surface area (Å²) in [5, 5.41) is 5.08. The second-order valence-corrected chi connectivity index (χ2v) is 12.4. The number of aryl methyl sites for hydroxylation is 2. The first-order chi connectivity index (χ1) is 19.9. The van der Waals surface area contributed by atoms with Gasteiger partial charge in [-0.05, 0) is 55.9 Å². The summed E-state index contributed by atoms with van der Waals surface area (Å²) in [6.45, 7) is 7.90. The molecule has 3 aromatic carbocycles. The number of hydrogen-bond donors (Lipinski definition) is 0. The van der Waals surface area contributed by atoms with Crippen LogP contribution in [-0.2, 0) is 9.59 Å². The molecule has 6 rings (SSSR count). The summed E-state index contributed by atoms with van der Waals surface area (Å²) in [6.07, 6.45) is 1.99. The summed E-state index contributed by atoms with van der Waals surface area (Å²) in [7, 11) is 0. The van der Waals surface area contributed by atoms with Crippen LogP contribution in [0.2, 0.25) is 0 Å². The SMILES string of the molecule is Cc1ccc(-n2nc(-c3ccccc3)c3c2N(CC(=O)N2CCC(C)CC2)C(=O)CSC3c2ccccc2C)cc1. The maximum Gasteiger partial charge on any atom is 0.242 e. The zero-order valence-corrected chi connectivity index (χ0v) is 24.7. The third-order valence-electron chi connectivity index (χ3n) is 8.32. The summed E-state index contributed by atoms with van der Waals surface area (Å²) in [5.41, 5.74) is 7.12. The van der Waals surface area contributed by atoms with Crippen molar-refractivity contribution in [3.8, 4) is 16.9 Å². The highest BCUT2D eigenvalue weighted by atomic mass is 32.2. The van der Waals surface area contributed by atoms with Gasteiger partial charge >= 0.3 is 0 Å². The molecule has 2 aliphatic heterocycles. The Bertz CT molecular complexity index is 1560. The maximum atomic E-state index is 14.0. The van der Waals surface area contributed by atoms with Gasteiger partial charge in [-0.3, -0.25) is 14.5 Å². The molecule has 41 heavy (non-hydrogen) atoms. The Balaban J connectivity index is 1.57. The molecule has 1 unspecified atom stereocenters. The highest BCUT2D eigenvalue weighted by Gasteiger charge is 2.38. The zero-order valence-electron chi connectivity index (χ0n) is 23.9. The molecule has 7 heteroatoms. The number of benzene rings is 3. The molecule has 2 amide bonds. The van der Waals surface area contributed by atoms with Crippen molar-refractivity contribution in [2.45, 2.75) is 38.9 Å². The van der Waals surface area contributed by atoms with Gasteiger partial charge in [0.1, 0.15) is 12.4 Å². The van der Waals surface area contributed by atoms with Gasteiger partial charge in [0.15, 0.2) is 0 Å². The van der Waals surface area contributed by atoms with Crippen LogP contribution < -0.4 is 4.90 Å². The molecule has 1 aromatic heterocycles. The van der Waals surface area contributed by atoms with E-state index in [2.05, 4.69) is 63.2 Å². The first kappa shape index (κ1) is 27.3. The number of hydrogen-bond acceptors (Lipinski definition) is 4. The van der Waals surface area contributed by atoms with Gasteiger partial charge in [-0.2, -0.15) is 5.10 Å². The molecule has 6 nitrogen and oxygen atoms in total. The molecular formula is C34H36N4O2S. The fourth-order valence-electron chi connectivity index (χ4n) is 5.81. The highest BCUT2D eigenvalue weighted by Crippen LogP contribution is 2.49. The van der Waals surface area contributed by atoms with E-state index in [1.165, 1.54) is 0 Å². The smallest absolute Gasteiger partial charge is 0.242 e. The van der Waals surface area contributed by atoms with E-state index in [0.717, 1.165) is 65.1 Å². The summed E-state index contributed by atoms with van der Waals surface area (Å²) < 4.78 is 1.89. The molecule has 3 heterocycles. The Morgan fingerprint density at radius 2 is 1.61 bits per heavy atom. The molecule has 0 spiro atoms. The highest BCUT2D eigenvalue weighted by molar-refractivity contribution is 8.00.